The normalized spacial score (nSPS) is 16.5. The van der Waals surface area contributed by atoms with Crippen LogP contribution in [0.5, 0.6) is 5.88 Å². The van der Waals surface area contributed by atoms with E-state index in [1.54, 1.807) is 11.1 Å². The topological polar surface area (TPSA) is 60.2 Å². The molecule has 1 amide bonds. The molecule has 0 aliphatic carbocycles. The lowest BCUT2D eigenvalue weighted by Gasteiger charge is -2.24. The molecule has 0 spiro atoms. The van der Waals surface area contributed by atoms with Crippen LogP contribution < -0.4 is 4.74 Å². The van der Waals surface area contributed by atoms with Crippen LogP contribution >= 0.6 is 0 Å². The monoisotopic (exact) mass is 366 g/mol. The van der Waals surface area contributed by atoms with Crippen LogP contribution in [0.15, 0.2) is 61.1 Å². The van der Waals surface area contributed by atoms with E-state index in [9.17, 15) is 9.18 Å². The summed E-state index contributed by atoms with van der Waals surface area (Å²) in [7, 11) is 0. The number of fused-ring (bicyclic) bond motifs is 1. The highest BCUT2D eigenvalue weighted by Gasteiger charge is 2.27. The van der Waals surface area contributed by atoms with Crippen LogP contribution in [0.4, 0.5) is 4.39 Å². The number of rotatable bonds is 4. The van der Waals surface area contributed by atoms with Crippen LogP contribution in [-0.4, -0.2) is 38.0 Å². The molecular formula is C20H19FN4O2. The Morgan fingerprint density at radius 1 is 1.11 bits per heavy atom. The summed E-state index contributed by atoms with van der Waals surface area (Å²) in [6, 6.07) is 12.2. The lowest BCUT2D eigenvalue weighted by Crippen LogP contribution is -2.39. The maximum Gasteiger partial charge on any atom is 0.250 e. The van der Waals surface area contributed by atoms with Crippen LogP contribution in [0.3, 0.4) is 0 Å². The highest BCUT2D eigenvalue weighted by Crippen LogP contribution is 2.20. The Balaban J connectivity index is 1.55. The molecule has 1 atom stereocenters. The van der Waals surface area contributed by atoms with E-state index >= 15 is 0 Å². The van der Waals surface area contributed by atoms with E-state index < -0.39 is 11.9 Å². The van der Waals surface area contributed by atoms with E-state index in [2.05, 4.69) is 9.97 Å². The van der Waals surface area contributed by atoms with Gasteiger partial charge in [-0.15, -0.1) is 0 Å². The maximum absolute atomic E-state index is 13.9. The molecule has 1 aliphatic heterocycles. The first-order chi connectivity index (χ1) is 13.2. The van der Waals surface area contributed by atoms with Crippen LogP contribution in [0.25, 0.3) is 0 Å². The molecule has 0 saturated heterocycles. The minimum Gasteiger partial charge on any atom is -0.468 e. The van der Waals surface area contributed by atoms with Gasteiger partial charge in [0.1, 0.15) is 6.10 Å². The van der Waals surface area contributed by atoms with Crippen LogP contribution in [0.1, 0.15) is 11.4 Å². The van der Waals surface area contributed by atoms with Crippen molar-refractivity contribution in [3.8, 4) is 5.88 Å². The average Bonchev–Trinajstić information content (AvgIpc) is 3.03. The summed E-state index contributed by atoms with van der Waals surface area (Å²) in [6.45, 7) is 1.35. The Hall–Kier alpha value is -3.22. The van der Waals surface area contributed by atoms with E-state index in [4.69, 9.17) is 4.74 Å². The molecule has 4 heterocycles. The molecule has 0 aromatic carbocycles. The zero-order chi connectivity index (χ0) is 18.6. The van der Waals surface area contributed by atoms with Crippen molar-refractivity contribution in [1.29, 1.82) is 0 Å². The molecule has 1 aliphatic rings. The third kappa shape index (κ3) is 3.97. The van der Waals surface area contributed by atoms with Gasteiger partial charge >= 0.3 is 0 Å². The molecule has 4 rings (SSSR count). The molecular weight excluding hydrogens is 347 g/mol. The van der Waals surface area contributed by atoms with Crippen LogP contribution in [0.2, 0.25) is 0 Å². The third-order valence-corrected chi connectivity index (χ3v) is 4.51. The largest absolute Gasteiger partial charge is 0.468 e. The van der Waals surface area contributed by atoms with Gasteiger partial charge in [0, 0.05) is 30.0 Å². The van der Waals surface area contributed by atoms with E-state index in [0.717, 1.165) is 11.4 Å². The minimum absolute atomic E-state index is 0.0431. The maximum atomic E-state index is 13.9. The molecule has 0 fully saturated rings. The van der Waals surface area contributed by atoms with Crippen molar-refractivity contribution in [1.82, 2.24) is 19.4 Å². The molecule has 3 aromatic rings. The number of amides is 1. The number of hydrogen-bond acceptors (Lipinski definition) is 4. The number of carbonyl (C=O) groups is 1. The molecule has 0 bridgehead atoms. The van der Waals surface area contributed by atoms with E-state index in [1.165, 1.54) is 18.3 Å². The van der Waals surface area contributed by atoms with E-state index in [-0.39, 0.29) is 18.2 Å². The van der Waals surface area contributed by atoms with Gasteiger partial charge in [0.05, 0.1) is 26.1 Å². The summed E-state index contributed by atoms with van der Waals surface area (Å²) in [5, 5.41) is 0. The van der Waals surface area contributed by atoms with E-state index in [0.29, 0.717) is 19.6 Å². The zero-order valence-corrected chi connectivity index (χ0v) is 14.7. The molecule has 3 aromatic heterocycles. The van der Waals surface area contributed by atoms with Gasteiger partial charge in [-0.05, 0) is 36.4 Å². The SMILES string of the molecule is O=C(Cc1ccccn1)N1Cc2cccn2CC(Oc2ncccc2F)C1. The van der Waals surface area contributed by atoms with Gasteiger partial charge in [-0.3, -0.25) is 9.78 Å². The summed E-state index contributed by atoms with van der Waals surface area (Å²) >= 11 is 0. The second kappa shape index (κ2) is 7.57. The Labute approximate surface area is 156 Å². The van der Waals surface area contributed by atoms with Crippen molar-refractivity contribution in [2.24, 2.45) is 0 Å². The summed E-state index contributed by atoms with van der Waals surface area (Å²) in [6.07, 6.45) is 4.90. The Bertz CT molecular complexity index is 928. The molecule has 0 radical (unpaired) electrons. The van der Waals surface area contributed by atoms with Crippen LogP contribution in [-0.2, 0) is 24.3 Å². The van der Waals surface area contributed by atoms with Gasteiger partial charge in [-0.2, -0.15) is 0 Å². The average molecular weight is 366 g/mol. The first-order valence-corrected chi connectivity index (χ1v) is 8.78. The van der Waals surface area contributed by atoms with Gasteiger partial charge in [0.25, 0.3) is 5.88 Å². The lowest BCUT2D eigenvalue weighted by molar-refractivity contribution is -0.132. The van der Waals surface area contributed by atoms with Gasteiger partial charge in [0.2, 0.25) is 5.91 Å². The lowest BCUT2D eigenvalue weighted by atomic mass is 10.2. The molecule has 6 nitrogen and oxygen atoms in total. The number of hydrogen-bond donors (Lipinski definition) is 0. The number of halogens is 1. The Kier molecular flexibility index (Phi) is 4.82. The first-order valence-electron chi connectivity index (χ1n) is 8.78. The highest BCUT2D eigenvalue weighted by atomic mass is 19.1. The molecule has 0 saturated carbocycles. The fraction of sp³-hybridized carbons (Fsp3) is 0.250. The Morgan fingerprint density at radius 2 is 2.00 bits per heavy atom. The zero-order valence-electron chi connectivity index (χ0n) is 14.7. The fourth-order valence-electron chi connectivity index (χ4n) is 3.20. The number of aromatic nitrogens is 3. The van der Waals surface area contributed by atoms with Crippen LogP contribution in [0, 0.1) is 5.82 Å². The molecule has 1 unspecified atom stereocenters. The van der Waals surface area contributed by atoms with Crippen molar-refractivity contribution in [3.05, 3.63) is 78.3 Å². The Morgan fingerprint density at radius 3 is 2.81 bits per heavy atom. The van der Waals surface area contributed by atoms with Crippen molar-refractivity contribution in [2.75, 3.05) is 6.54 Å². The second-order valence-electron chi connectivity index (χ2n) is 6.45. The summed E-state index contributed by atoms with van der Waals surface area (Å²) < 4.78 is 21.8. The van der Waals surface area contributed by atoms with Crippen molar-refractivity contribution in [3.63, 3.8) is 0 Å². The van der Waals surface area contributed by atoms with Crippen molar-refractivity contribution < 1.29 is 13.9 Å². The molecule has 27 heavy (non-hydrogen) atoms. The highest BCUT2D eigenvalue weighted by molar-refractivity contribution is 5.78. The quantitative estimate of drug-likeness (QED) is 0.712. The summed E-state index contributed by atoms with van der Waals surface area (Å²) in [5.41, 5.74) is 1.73. The predicted octanol–water partition coefficient (Wildman–Crippen LogP) is 2.45. The van der Waals surface area contributed by atoms with Crippen molar-refractivity contribution in [2.45, 2.75) is 25.6 Å². The second-order valence-corrected chi connectivity index (χ2v) is 6.45. The van der Waals surface area contributed by atoms with Gasteiger partial charge in [0.15, 0.2) is 5.82 Å². The predicted molar refractivity (Wildman–Crippen MR) is 96.4 cm³/mol. The standard InChI is InChI=1S/C20H19FN4O2/c21-18-7-3-9-23-20(18)27-17-13-24-10-4-6-16(24)12-25(14-17)19(26)11-15-5-1-2-8-22-15/h1-10,17H,11-14H2. The first kappa shape index (κ1) is 17.2. The smallest absolute Gasteiger partial charge is 0.250 e. The van der Waals surface area contributed by atoms with Gasteiger partial charge in [-0.1, -0.05) is 6.07 Å². The molecule has 7 heteroatoms. The third-order valence-electron chi connectivity index (χ3n) is 4.51. The van der Waals surface area contributed by atoms with Gasteiger partial charge in [-0.25, -0.2) is 9.37 Å². The van der Waals surface area contributed by atoms with Gasteiger partial charge < -0.3 is 14.2 Å². The fourth-order valence-corrected chi connectivity index (χ4v) is 3.20. The number of ether oxygens (including phenoxy) is 1. The minimum atomic E-state index is -0.513. The summed E-state index contributed by atoms with van der Waals surface area (Å²) in [5.74, 6) is -0.602. The number of pyridine rings is 2. The van der Waals surface area contributed by atoms with Crippen molar-refractivity contribution >= 4 is 5.91 Å². The molecule has 138 valence electrons. The summed E-state index contributed by atoms with van der Waals surface area (Å²) in [4.78, 5) is 22.8. The molecule has 0 N–H and O–H groups in total. The van der Waals surface area contributed by atoms with E-state index in [1.807, 2.05) is 41.1 Å². The number of nitrogens with zero attached hydrogens (tertiary/aromatic N) is 4. The number of carbonyl (C=O) groups excluding carboxylic acids is 1.